The van der Waals surface area contributed by atoms with Crippen LogP contribution in [0.5, 0.6) is 0 Å². The van der Waals surface area contributed by atoms with E-state index in [1.807, 2.05) is 0 Å². The highest BCUT2D eigenvalue weighted by atomic mass is 19.2. The molecule has 0 amide bonds. The van der Waals surface area contributed by atoms with Crippen LogP contribution >= 0.6 is 0 Å². The fourth-order valence-corrected chi connectivity index (χ4v) is 2.78. The van der Waals surface area contributed by atoms with Gasteiger partial charge in [-0.2, -0.15) is 0 Å². The van der Waals surface area contributed by atoms with Crippen LogP contribution in [0.3, 0.4) is 0 Å². The highest BCUT2D eigenvalue weighted by Crippen LogP contribution is 2.26. The molecular formula is C16H21F2NO. The quantitative estimate of drug-likeness (QED) is 0.785. The van der Waals surface area contributed by atoms with Crippen LogP contribution in [0.1, 0.15) is 49.9 Å². The lowest BCUT2D eigenvalue weighted by Gasteiger charge is -2.36. The van der Waals surface area contributed by atoms with Crippen LogP contribution in [0.4, 0.5) is 8.78 Å². The van der Waals surface area contributed by atoms with Gasteiger partial charge in [-0.1, -0.05) is 18.9 Å². The van der Waals surface area contributed by atoms with Crippen molar-refractivity contribution in [2.45, 2.75) is 45.1 Å². The number of carbonyl (C=O) groups excluding carboxylic acids is 1. The summed E-state index contributed by atoms with van der Waals surface area (Å²) in [6, 6.07) is 3.77. The topological polar surface area (TPSA) is 20.3 Å². The molecule has 0 atom stereocenters. The fourth-order valence-electron chi connectivity index (χ4n) is 2.78. The van der Waals surface area contributed by atoms with Gasteiger partial charge < -0.3 is 0 Å². The molecule has 0 N–H and O–H groups in total. The summed E-state index contributed by atoms with van der Waals surface area (Å²) in [7, 11) is 0. The van der Waals surface area contributed by atoms with Crippen LogP contribution in [0.2, 0.25) is 0 Å². The first kappa shape index (κ1) is 15.1. The van der Waals surface area contributed by atoms with Crippen molar-refractivity contribution in [1.29, 1.82) is 0 Å². The van der Waals surface area contributed by atoms with Gasteiger partial charge in [0.25, 0.3) is 0 Å². The van der Waals surface area contributed by atoms with Crippen LogP contribution in [0.25, 0.3) is 0 Å². The molecule has 4 heteroatoms. The first-order chi connectivity index (χ1) is 9.44. The van der Waals surface area contributed by atoms with Gasteiger partial charge in [0.2, 0.25) is 0 Å². The summed E-state index contributed by atoms with van der Waals surface area (Å²) >= 11 is 0. The Kier molecular flexibility index (Phi) is 4.53. The lowest BCUT2D eigenvalue weighted by Crippen LogP contribution is -2.50. The molecule has 1 fully saturated rings. The van der Waals surface area contributed by atoms with E-state index in [0.717, 1.165) is 44.8 Å². The molecule has 0 unspecified atom stereocenters. The van der Waals surface area contributed by atoms with Gasteiger partial charge in [0.15, 0.2) is 17.4 Å². The molecule has 0 spiro atoms. The highest BCUT2D eigenvalue weighted by Gasteiger charge is 2.36. The molecular weight excluding hydrogens is 260 g/mol. The molecule has 1 aliphatic rings. The molecule has 20 heavy (non-hydrogen) atoms. The second-order valence-corrected chi connectivity index (χ2v) is 5.89. The summed E-state index contributed by atoms with van der Waals surface area (Å²) in [6.45, 7) is 5.25. The number of likely N-dealkylation sites (tertiary alicyclic amines) is 1. The smallest absolute Gasteiger partial charge is 0.185 e. The van der Waals surface area contributed by atoms with Crippen molar-refractivity contribution in [2.24, 2.45) is 0 Å². The number of hydrogen-bond donors (Lipinski definition) is 0. The molecule has 110 valence electrons. The molecule has 1 aliphatic heterocycles. The lowest BCUT2D eigenvalue weighted by atomic mass is 9.90. The number of rotatable bonds is 3. The number of halogens is 2. The zero-order valence-corrected chi connectivity index (χ0v) is 12.1. The van der Waals surface area contributed by atoms with E-state index < -0.39 is 17.2 Å². The Bertz CT molecular complexity index is 491. The van der Waals surface area contributed by atoms with Crippen molar-refractivity contribution >= 4 is 5.78 Å². The number of ketones is 1. The molecule has 0 aromatic heterocycles. The Morgan fingerprint density at radius 2 is 1.70 bits per heavy atom. The Morgan fingerprint density at radius 1 is 1.10 bits per heavy atom. The van der Waals surface area contributed by atoms with E-state index in [0.29, 0.717) is 0 Å². The molecule has 1 saturated heterocycles. The van der Waals surface area contributed by atoms with Crippen LogP contribution in [0.15, 0.2) is 18.2 Å². The lowest BCUT2D eigenvalue weighted by molar-refractivity contribution is 0.0644. The minimum absolute atomic E-state index is 0.153. The molecule has 0 saturated carbocycles. The first-order valence-corrected chi connectivity index (χ1v) is 7.18. The second-order valence-electron chi connectivity index (χ2n) is 5.89. The van der Waals surface area contributed by atoms with Crippen LogP contribution in [-0.2, 0) is 0 Å². The molecule has 1 aromatic carbocycles. The molecule has 2 nitrogen and oxygen atoms in total. The van der Waals surface area contributed by atoms with Crippen molar-refractivity contribution < 1.29 is 13.6 Å². The van der Waals surface area contributed by atoms with Crippen molar-refractivity contribution in [1.82, 2.24) is 4.90 Å². The Labute approximate surface area is 118 Å². The van der Waals surface area contributed by atoms with E-state index in [-0.39, 0.29) is 11.3 Å². The number of carbonyl (C=O) groups is 1. The molecule has 1 aromatic rings. The zero-order chi connectivity index (χ0) is 14.8. The van der Waals surface area contributed by atoms with Gasteiger partial charge in [-0.3, -0.25) is 9.69 Å². The fraction of sp³-hybridized carbons (Fsp3) is 0.562. The largest absolute Gasteiger partial charge is 0.292 e. The maximum atomic E-state index is 13.8. The minimum Gasteiger partial charge on any atom is -0.292 e. The highest BCUT2D eigenvalue weighted by molar-refractivity contribution is 6.02. The maximum Gasteiger partial charge on any atom is 0.185 e. The second kappa shape index (κ2) is 6.00. The SMILES string of the molecule is CC(C)(C(=O)c1cccc(F)c1F)N1CCCCCC1. The summed E-state index contributed by atoms with van der Waals surface area (Å²) in [4.78, 5) is 14.7. The Balaban J connectivity index is 2.27. The first-order valence-electron chi connectivity index (χ1n) is 7.18. The van der Waals surface area contributed by atoms with Crippen molar-refractivity contribution in [3.8, 4) is 0 Å². The minimum atomic E-state index is -1.04. The van der Waals surface area contributed by atoms with Crippen LogP contribution < -0.4 is 0 Å². The summed E-state index contributed by atoms with van der Waals surface area (Å²) in [5.41, 5.74) is -0.960. The molecule has 1 heterocycles. The average molecular weight is 281 g/mol. The number of hydrogen-bond acceptors (Lipinski definition) is 2. The van der Waals surface area contributed by atoms with E-state index in [1.165, 1.54) is 12.1 Å². The molecule has 2 rings (SSSR count). The van der Waals surface area contributed by atoms with E-state index >= 15 is 0 Å². The van der Waals surface area contributed by atoms with E-state index in [4.69, 9.17) is 0 Å². The molecule has 0 aliphatic carbocycles. The van der Waals surface area contributed by atoms with Gasteiger partial charge in [0.1, 0.15) is 0 Å². The Hall–Kier alpha value is -1.29. The predicted octanol–water partition coefficient (Wildman–Crippen LogP) is 3.80. The van der Waals surface area contributed by atoms with E-state index in [9.17, 15) is 13.6 Å². The summed E-state index contributed by atoms with van der Waals surface area (Å²) in [6.07, 6.45) is 4.41. The van der Waals surface area contributed by atoms with Crippen molar-refractivity contribution in [3.63, 3.8) is 0 Å². The third kappa shape index (κ3) is 2.90. The average Bonchev–Trinajstić information content (AvgIpc) is 2.70. The summed E-state index contributed by atoms with van der Waals surface area (Å²) < 4.78 is 27.1. The standard InChI is InChI=1S/C16H21F2NO/c1-16(2,19-10-5-3-4-6-11-19)15(20)12-8-7-9-13(17)14(12)18/h7-9H,3-6,10-11H2,1-2H3. The third-order valence-electron chi connectivity index (χ3n) is 4.15. The summed E-state index contributed by atoms with van der Waals surface area (Å²) in [5.74, 6) is -2.36. The normalized spacial score (nSPS) is 17.8. The summed E-state index contributed by atoms with van der Waals surface area (Å²) in [5, 5.41) is 0. The predicted molar refractivity (Wildman–Crippen MR) is 74.8 cm³/mol. The van der Waals surface area contributed by atoms with Gasteiger partial charge in [-0.15, -0.1) is 0 Å². The molecule has 0 bridgehead atoms. The van der Waals surface area contributed by atoms with Crippen molar-refractivity contribution in [3.05, 3.63) is 35.4 Å². The van der Waals surface area contributed by atoms with Crippen LogP contribution in [0, 0.1) is 11.6 Å². The van der Waals surface area contributed by atoms with Gasteiger partial charge in [-0.25, -0.2) is 8.78 Å². The van der Waals surface area contributed by atoms with E-state index in [2.05, 4.69) is 4.90 Å². The van der Waals surface area contributed by atoms with Gasteiger partial charge >= 0.3 is 0 Å². The van der Waals surface area contributed by atoms with Gasteiger partial charge in [0, 0.05) is 0 Å². The van der Waals surface area contributed by atoms with Gasteiger partial charge in [-0.05, 0) is 51.9 Å². The maximum absolute atomic E-state index is 13.8. The van der Waals surface area contributed by atoms with E-state index in [1.54, 1.807) is 13.8 Å². The van der Waals surface area contributed by atoms with Crippen LogP contribution in [-0.4, -0.2) is 29.3 Å². The number of Topliss-reactive ketones (excluding diaryl/α,β-unsaturated/α-hetero) is 1. The third-order valence-corrected chi connectivity index (χ3v) is 4.15. The zero-order valence-electron chi connectivity index (χ0n) is 12.1. The molecule has 0 radical (unpaired) electrons. The monoisotopic (exact) mass is 281 g/mol. The Morgan fingerprint density at radius 3 is 2.30 bits per heavy atom. The number of benzene rings is 1. The van der Waals surface area contributed by atoms with Crippen molar-refractivity contribution in [2.75, 3.05) is 13.1 Å². The van der Waals surface area contributed by atoms with Gasteiger partial charge in [0.05, 0.1) is 11.1 Å². The number of nitrogens with zero attached hydrogens (tertiary/aromatic N) is 1.